The summed E-state index contributed by atoms with van der Waals surface area (Å²) in [5, 5.41) is 11.0. The van der Waals surface area contributed by atoms with Crippen molar-refractivity contribution in [3.63, 3.8) is 0 Å². The normalized spacial score (nSPS) is 10.8. The first kappa shape index (κ1) is 19.3. The van der Waals surface area contributed by atoms with Gasteiger partial charge < -0.3 is 9.84 Å². The molecule has 8 heteroatoms. The van der Waals surface area contributed by atoms with Gasteiger partial charge in [0.2, 0.25) is 11.7 Å². The molecule has 4 rings (SSSR count). The average molecular weight is 401 g/mol. The number of rotatable bonds is 5. The second kappa shape index (κ2) is 7.75. The highest BCUT2D eigenvalue weighted by Crippen LogP contribution is 2.26. The van der Waals surface area contributed by atoms with E-state index in [1.807, 2.05) is 30.3 Å². The van der Waals surface area contributed by atoms with E-state index < -0.39 is 11.7 Å². The van der Waals surface area contributed by atoms with Gasteiger partial charge in [0.1, 0.15) is 0 Å². The van der Waals surface area contributed by atoms with E-state index in [2.05, 4.69) is 20.6 Å². The molecule has 0 saturated carbocycles. The summed E-state index contributed by atoms with van der Waals surface area (Å²) < 4.78 is 6.68. The van der Waals surface area contributed by atoms with Crippen molar-refractivity contribution in [1.82, 2.24) is 19.9 Å². The van der Waals surface area contributed by atoms with Gasteiger partial charge in [-0.2, -0.15) is 10.1 Å². The molecule has 1 amide bonds. The highest BCUT2D eigenvalue weighted by Gasteiger charge is 2.26. The number of para-hydroxylation sites is 2. The minimum Gasteiger partial charge on any atom is -0.339 e. The van der Waals surface area contributed by atoms with Crippen molar-refractivity contribution in [3.8, 4) is 17.1 Å². The summed E-state index contributed by atoms with van der Waals surface area (Å²) in [6.07, 6.45) is 0. The summed E-state index contributed by atoms with van der Waals surface area (Å²) in [4.78, 5) is 30.0. The molecule has 2 heterocycles. The molecule has 0 aliphatic rings. The number of amides is 1. The van der Waals surface area contributed by atoms with Crippen LogP contribution >= 0.6 is 0 Å². The molecule has 150 valence electrons. The topological polar surface area (TPSA) is 103 Å². The number of anilines is 1. The molecule has 0 aliphatic heterocycles. The van der Waals surface area contributed by atoms with Crippen LogP contribution < -0.4 is 5.32 Å². The van der Waals surface area contributed by atoms with E-state index in [4.69, 9.17) is 4.52 Å². The minimum absolute atomic E-state index is 0.282. The molecule has 0 radical (unpaired) electrons. The third kappa shape index (κ3) is 3.50. The molecular weight excluding hydrogens is 382 g/mol. The lowest BCUT2D eigenvalue weighted by atomic mass is 10.1. The molecule has 30 heavy (non-hydrogen) atoms. The van der Waals surface area contributed by atoms with Crippen molar-refractivity contribution in [2.24, 2.45) is 0 Å². The van der Waals surface area contributed by atoms with Crippen molar-refractivity contribution in [3.05, 3.63) is 77.4 Å². The average Bonchev–Trinajstić information content (AvgIpc) is 3.31. The van der Waals surface area contributed by atoms with Crippen LogP contribution in [0.25, 0.3) is 17.1 Å². The molecule has 0 saturated heterocycles. The Morgan fingerprint density at radius 3 is 2.37 bits per heavy atom. The third-order valence-electron chi connectivity index (χ3n) is 4.67. The number of Topliss-reactive ketones (excluding diaryl/α,β-unsaturated/α-hetero) is 1. The first-order chi connectivity index (χ1) is 14.5. The molecule has 0 spiro atoms. The Kier molecular flexibility index (Phi) is 4.97. The highest BCUT2D eigenvalue weighted by atomic mass is 16.5. The number of benzene rings is 2. The van der Waals surface area contributed by atoms with E-state index in [9.17, 15) is 9.59 Å². The SMILES string of the molecule is Cc1nc(-c2ccccc2NC(=O)C(=O)c2c(C)nn(-c3ccccc3)c2C)no1. The quantitative estimate of drug-likeness (QED) is 0.404. The fraction of sp³-hybridized carbons (Fsp3) is 0.136. The number of nitrogens with one attached hydrogen (secondary N) is 1. The van der Waals surface area contributed by atoms with Gasteiger partial charge in [-0.05, 0) is 38.1 Å². The van der Waals surface area contributed by atoms with E-state index in [0.29, 0.717) is 34.4 Å². The Morgan fingerprint density at radius 1 is 0.967 bits per heavy atom. The number of hydrogen-bond acceptors (Lipinski definition) is 6. The summed E-state index contributed by atoms with van der Waals surface area (Å²) in [6.45, 7) is 5.16. The molecule has 2 aromatic heterocycles. The maximum absolute atomic E-state index is 13.0. The van der Waals surface area contributed by atoms with Crippen LogP contribution in [0, 0.1) is 20.8 Å². The minimum atomic E-state index is -0.763. The predicted molar refractivity (Wildman–Crippen MR) is 110 cm³/mol. The summed E-state index contributed by atoms with van der Waals surface area (Å²) in [5.74, 6) is -0.686. The van der Waals surface area contributed by atoms with E-state index in [-0.39, 0.29) is 5.56 Å². The number of carbonyl (C=O) groups is 2. The van der Waals surface area contributed by atoms with Gasteiger partial charge in [0.05, 0.1) is 28.3 Å². The molecule has 0 bridgehead atoms. The molecule has 2 aromatic carbocycles. The monoisotopic (exact) mass is 401 g/mol. The lowest BCUT2D eigenvalue weighted by Gasteiger charge is -2.08. The molecular formula is C22H19N5O3. The van der Waals surface area contributed by atoms with Crippen LogP contribution in [0.2, 0.25) is 0 Å². The number of aromatic nitrogens is 4. The number of ketones is 1. The van der Waals surface area contributed by atoms with Crippen LogP contribution in [0.3, 0.4) is 0 Å². The van der Waals surface area contributed by atoms with Crippen molar-refractivity contribution in [2.45, 2.75) is 20.8 Å². The summed E-state index contributed by atoms with van der Waals surface area (Å²) in [7, 11) is 0. The Hall–Kier alpha value is -4.07. The maximum Gasteiger partial charge on any atom is 0.296 e. The van der Waals surface area contributed by atoms with Crippen LogP contribution in [0.1, 0.15) is 27.6 Å². The third-order valence-corrected chi connectivity index (χ3v) is 4.67. The van der Waals surface area contributed by atoms with Gasteiger partial charge in [-0.3, -0.25) is 9.59 Å². The van der Waals surface area contributed by atoms with Crippen LogP contribution in [0.15, 0.2) is 59.1 Å². The van der Waals surface area contributed by atoms with Gasteiger partial charge in [0.15, 0.2) is 0 Å². The zero-order valence-electron chi connectivity index (χ0n) is 16.7. The molecule has 1 N–H and O–H groups in total. The van der Waals surface area contributed by atoms with E-state index >= 15 is 0 Å². The maximum atomic E-state index is 13.0. The van der Waals surface area contributed by atoms with Crippen molar-refractivity contribution >= 4 is 17.4 Å². The Balaban J connectivity index is 1.64. The number of nitrogens with zero attached hydrogens (tertiary/aromatic N) is 4. The standard InChI is InChI=1S/C22H19N5O3/c1-13-19(14(2)27(25-13)16-9-5-4-6-10-16)20(28)22(29)24-18-12-8-7-11-17(18)21-23-15(3)30-26-21/h4-12H,1-3H3,(H,24,29). The van der Waals surface area contributed by atoms with Gasteiger partial charge in [-0.1, -0.05) is 35.5 Å². The smallest absolute Gasteiger partial charge is 0.296 e. The first-order valence-electron chi connectivity index (χ1n) is 9.32. The van der Waals surface area contributed by atoms with E-state index in [0.717, 1.165) is 5.69 Å². The summed E-state index contributed by atoms with van der Waals surface area (Å²) in [5.41, 5.74) is 3.16. The molecule has 0 fully saturated rings. The van der Waals surface area contributed by atoms with Crippen LogP contribution in [0.5, 0.6) is 0 Å². The van der Waals surface area contributed by atoms with Gasteiger partial charge in [0.25, 0.3) is 11.7 Å². The van der Waals surface area contributed by atoms with Crippen LogP contribution in [-0.4, -0.2) is 31.6 Å². The lowest BCUT2D eigenvalue weighted by Crippen LogP contribution is -2.24. The van der Waals surface area contributed by atoms with Crippen LogP contribution in [-0.2, 0) is 4.79 Å². The highest BCUT2D eigenvalue weighted by molar-refractivity contribution is 6.47. The lowest BCUT2D eigenvalue weighted by molar-refractivity contribution is -0.112. The van der Waals surface area contributed by atoms with Gasteiger partial charge in [-0.15, -0.1) is 0 Å². The van der Waals surface area contributed by atoms with Crippen LogP contribution in [0.4, 0.5) is 5.69 Å². The van der Waals surface area contributed by atoms with Gasteiger partial charge in [0, 0.05) is 12.5 Å². The Bertz CT molecular complexity index is 1240. The molecule has 8 nitrogen and oxygen atoms in total. The summed E-state index contributed by atoms with van der Waals surface area (Å²) in [6, 6.07) is 16.4. The molecule has 0 unspecified atom stereocenters. The Labute approximate surface area is 172 Å². The summed E-state index contributed by atoms with van der Waals surface area (Å²) >= 11 is 0. The molecule has 0 atom stereocenters. The van der Waals surface area contributed by atoms with Crippen molar-refractivity contribution < 1.29 is 14.1 Å². The van der Waals surface area contributed by atoms with E-state index in [1.165, 1.54) is 0 Å². The number of hydrogen-bond donors (Lipinski definition) is 1. The van der Waals surface area contributed by atoms with E-state index in [1.54, 1.807) is 49.7 Å². The molecule has 4 aromatic rings. The Morgan fingerprint density at radius 2 is 1.67 bits per heavy atom. The zero-order chi connectivity index (χ0) is 21.3. The van der Waals surface area contributed by atoms with Crippen molar-refractivity contribution in [2.75, 3.05) is 5.32 Å². The second-order valence-electron chi connectivity index (χ2n) is 6.76. The molecule has 0 aliphatic carbocycles. The van der Waals surface area contributed by atoms with Crippen molar-refractivity contribution in [1.29, 1.82) is 0 Å². The fourth-order valence-corrected chi connectivity index (χ4v) is 3.28. The number of carbonyl (C=O) groups excluding carboxylic acids is 2. The predicted octanol–water partition coefficient (Wildman–Crippen LogP) is 3.67. The van der Waals surface area contributed by atoms with Gasteiger partial charge >= 0.3 is 0 Å². The second-order valence-corrected chi connectivity index (χ2v) is 6.76. The largest absolute Gasteiger partial charge is 0.339 e. The zero-order valence-corrected chi connectivity index (χ0v) is 16.7. The fourth-order valence-electron chi connectivity index (χ4n) is 3.28. The van der Waals surface area contributed by atoms with Gasteiger partial charge in [-0.25, -0.2) is 4.68 Å². The first-order valence-corrected chi connectivity index (χ1v) is 9.32. The number of aryl methyl sites for hydroxylation is 2.